The molecule has 16 heavy (non-hydrogen) atoms. The van der Waals surface area contributed by atoms with Crippen LogP contribution in [0.15, 0.2) is 0 Å². The molecule has 3 nitrogen and oxygen atoms in total. The molecule has 1 saturated heterocycles. The minimum absolute atomic E-state index is 0.333. The first-order chi connectivity index (χ1) is 7.57. The van der Waals surface area contributed by atoms with Crippen LogP contribution >= 0.6 is 0 Å². The fourth-order valence-electron chi connectivity index (χ4n) is 2.47. The van der Waals surface area contributed by atoms with Gasteiger partial charge in [0.15, 0.2) is 0 Å². The number of likely N-dealkylation sites (tertiary alicyclic amines) is 1. The summed E-state index contributed by atoms with van der Waals surface area (Å²) in [6, 6.07) is 0. The Morgan fingerprint density at radius 1 is 1.44 bits per heavy atom. The van der Waals surface area contributed by atoms with Crippen LogP contribution in [0.3, 0.4) is 0 Å². The molecule has 0 spiro atoms. The van der Waals surface area contributed by atoms with Crippen LogP contribution in [0, 0.1) is 11.3 Å². The van der Waals surface area contributed by atoms with Crippen molar-refractivity contribution >= 4 is 0 Å². The lowest BCUT2D eigenvalue weighted by Crippen LogP contribution is -2.40. The third-order valence-corrected chi connectivity index (χ3v) is 3.31. The molecule has 0 aromatic heterocycles. The third-order valence-electron chi connectivity index (χ3n) is 3.31. The monoisotopic (exact) mass is 228 g/mol. The van der Waals surface area contributed by atoms with Crippen molar-refractivity contribution in [1.82, 2.24) is 10.2 Å². The first-order valence-corrected chi connectivity index (χ1v) is 6.61. The van der Waals surface area contributed by atoms with Gasteiger partial charge in [0, 0.05) is 26.2 Å². The molecule has 2 N–H and O–H groups in total. The Morgan fingerprint density at radius 2 is 2.19 bits per heavy atom. The summed E-state index contributed by atoms with van der Waals surface area (Å²) in [5.41, 5.74) is 0.333. The molecular weight excluding hydrogens is 200 g/mol. The van der Waals surface area contributed by atoms with Gasteiger partial charge in [-0.05, 0) is 37.3 Å². The minimum Gasteiger partial charge on any atom is -0.396 e. The summed E-state index contributed by atoms with van der Waals surface area (Å²) in [6.45, 7) is 12.8. The molecule has 1 heterocycles. The minimum atomic E-state index is 0.333. The maximum atomic E-state index is 9.12. The zero-order valence-electron chi connectivity index (χ0n) is 11.1. The molecule has 0 saturated carbocycles. The van der Waals surface area contributed by atoms with E-state index in [1.165, 1.54) is 6.42 Å². The predicted molar refractivity (Wildman–Crippen MR) is 68.6 cm³/mol. The van der Waals surface area contributed by atoms with Gasteiger partial charge in [-0.2, -0.15) is 0 Å². The quantitative estimate of drug-likeness (QED) is 0.645. The van der Waals surface area contributed by atoms with Crippen LogP contribution in [0.4, 0.5) is 0 Å². The van der Waals surface area contributed by atoms with Gasteiger partial charge >= 0.3 is 0 Å². The molecule has 0 aromatic carbocycles. The number of nitrogens with zero attached hydrogens (tertiary/aromatic N) is 1. The molecule has 0 amide bonds. The first-order valence-electron chi connectivity index (χ1n) is 6.61. The van der Waals surface area contributed by atoms with Gasteiger partial charge < -0.3 is 15.3 Å². The second-order valence-electron chi connectivity index (χ2n) is 5.91. The van der Waals surface area contributed by atoms with Gasteiger partial charge in [-0.25, -0.2) is 0 Å². The van der Waals surface area contributed by atoms with Gasteiger partial charge in [0.2, 0.25) is 0 Å². The molecule has 0 bridgehead atoms. The van der Waals surface area contributed by atoms with Crippen molar-refractivity contribution in [3.63, 3.8) is 0 Å². The molecule has 0 aromatic rings. The first kappa shape index (κ1) is 13.9. The number of rotatable bonds is 7. The SMILES string of the molecule is CCCNCC(C)(C)CN1CCC(CO)C1. The van der Waals surface area contributed by atoms with E-state index in [0.29, 0.717) is 17.9 Å². The molecule has 1 atom stereocenters. The fourth-order valence-corrected chi connectivity index (χ4v) is 2.47. The van der Waals surface area contributed by atoms with E-state index in [9.17, 15) is 0 Å². The van der Waals surface area contributed by atoms with E-state index < -0.39 is 0 Å². The van der Waals surface area contributed by atoms with E-state index in [-0.39, 0.29) is 0 Å². The van der Waals surface area contributed by atoms with Gasteiger partial charge in [0.25, 0.3) is 0 Å². The van der Waals surface area contributed by atoms with Crippen LogP contribution in [-0.4, -0.2) is 49.3 Å². The Morgan fingerprint density at radius 3 is 2.75 bits per heavy atom. The second kappa shape index (κ2) is 6.58. The van der Waals surface area contributed by atoms with E-state index in [1.54, 1.807) is 0 Å². The van der Waals surface area contributed by atoms with Crippen LogP contribution in [0.5, 0.6) is 0 Å². The van der Waals surface area contributed by atoms with Crippen molar-refractivity contribution in [2.24, 2.45) is 11.3 Å². The maximum absolute atomic E-state index is 9.12. The van der Waals surface area contributed by atoms with Crippen molar-refractivity contribution in [1.29, 1.82) is 0 Å². The van der Waals surface area contributed by atoms with Crippen LogP contribution in [-0.2, 0) is 0 Å². The average molecular weight is 228 g/mol. The normalized spacial score (nSPS) is 22.9. The molecule has 1 unspecified atom stereocenters. The highest BCUT2D eigenvalue weighted by Crippen LogP contribution is 2.22. The number of hydrogen-bond donors (Lipinski definition) is 2. The van der Waals surface area contributed by atoms with Crippen molar-refractivity contribution in [2.75, 3.05) is 39.3 Å². The molecular formula is C13H28N2O. The van der Waals surface area contributed by atoms with E-state index >= 15 is 0 Å². The summed E-state index contributed by atoms with van der Waals surface area (Å²) in [7, 11) is 0. The zero-order valence-corrected chi connectivity index (χ0v) is 11.1. The number of aliphatic hydroxyl groups excluding tert-OH is 1. The van der Waals surface area contributed by atoms with Gasteiger partial charge in [-0.15, -0.1) is 0 Å². The summed E-state index contributed by atoms with van der Waals surface area (Å²) >= 11 is 0. The maximum Gasteiger partial charge on any atom is 0.0471 e. The van der Waals surface area contributed by atoms with Crippen LogP contribution in [0.2, 0.25) is 0 Å². The topological polar surface area (TPSA) is 35.5 Å². The van der Waals surface area contributed by atoms with Crippen molar-refractivity contribution in [3.05, 3.63) is 0 Å². The molecule has 1 rings (SSSR count). The van der Waals surface area contributed by atoms with Gasteiger partial charge in [0.05, 0.1) is 0 Å². The molecule has 1 aliphatic heterocycles. The van der Waals surface area contributed by atoms with E-state index in [2.05, 4.69) is 31.0 Å². The van der Waals surface area contributed by atoms with Gasteiger partial charge in [-0.1, -0.05) is 20.8 Å². The molecule has 0 radical (unpaired) electrons. The molecule has 3 heteroatoms. The number of hydrogen-bond acceptors (Lipinski definition) is 3. The molecule has 96 valence electrons. The summed E-state index contributed by atoms with van der Waals surface area (Å²) in [4.78, 5) is 2.49. The van der Waals surface area contributed by atoms with Crippen molar-refractivity contribution in [2.45, 2.75) is 33.6 Å². The fraction of sp³-hybridized carbons (Fsp3) is 1.00. The number of nitrogens with one attached hydrogen (secondary N) is 1. The highest BCUT2D eigenvalue weighted by atomic mass is 16.3. The predicted octanol–water partition coefficient (Wildman–Crippen LogP) is 1.33. The highest BCUT2D eigenvalue weighted by molar-refractivity contribution is 4.81. The average Bonchev–Trinajstić information content (AvgIpc) is 2.65. The number of aliphatic hydroxyl groups is 1. The van der Waals surface area contributed by atoms with Crippen LogP contribution < -0.4 is 5.32 Å². The largest absolute Gasteiger partial charge is 0.396 e. The van der Waals surface area contributed by atoms with E-state index in [0.717, 1.165) is 39.1 Å². The Labute approximate surface area is 100 Å². The van der Waals surface area contributed by atoms with Gasteiger partial charge in [0.1, 0.15) is 0 Å². The smallest absolute Gasteiger partial charge is 0.0471 e. The summed E-state index contributed by atoms with van der Waals surface area (Å²) in [6.07, 6.45) is 2.36. The lowest BCUT2D eigenvalue weighted by molar-refractivity contribution is 0.182. The summed E-state index contributed by atoms with van der Waals surface area (Å²) in [5, 5.41) is 12.6. The van der Waals surface area contributed by atoms with E-state index in [4.69, 9.17) is 5.11 Å². The van der Waals surface area contributed by atoms with E-state index in [1.807, 2.05) is 0 Å². The lowest BCUT2D eigenvalue weighted by atomic mass is 9.92. The zero-order chi connectivity index (χ0) is 12.0. The highest BCUT2D eigenvalue weighted by Gasteiger charge is 2.27. The van der Waals surface area contributed by atoms with Crippen LogP contribution in [0.1, 0.15) is 33.6 Å². The third kappa shape index (κ3) is 4.81. The Bertz CT molecular complexity index is 194. The second-order valence-corrected chi connectivity index (χ2v) is 5.91. The van der Waals surface area contributed by atoms with Gasteiger partial charge in [-0.3, -0.25) is 0 Å². The lowest BCUT2D eigenvalue weighted by Gasteiger charge is -2.30. The molecule has 0 aliphatic carbocycles. The Hall–Kier alpha value is -0.120. The summed E-state index contributed by atoms with van der Waals surface area (Å²) < 4.78 is 0. The molecule has 1 aliphatic rings. The standard InChI is InChI=1S/C13H28N2O/c1-4-6-14-10-13(2,3)11-15-7-5-12(8-15)9-16/h12,14,16H,4-11H2,1-3H3. The Kier molecular flexibility index (Phi) is 5.73. The summed E-state index contributed by atoms with van der Waals surface area (Å²) in [5.74, 6) is 0.513. The molecule has 1 fully saturated rings. The van der Waals surface area contributed by atoms with Crippen molar-refractivity contribution in [3.8, 4) is 0 Å². The van der Waals surface area contributed by atoms with Crippen LogP contribution in [0.25, 0.3) is 0 Å². The van der Waals surface area contributed by atoms with Crippen molar-refractivity contribution < 1.29 is 5.11 Å². The Balaban J connectivity index is 2.24.